The third-order valence-electron chi connectivity index (χ3n) is 2.67. The first-order valence-electron chi connectivity index (χ1n) is 6.57. The maximum atomic E-state index is 12.1. The minimum atomic E-state index is -2.85. The molecule has 1 aromatic rings. The molecule has 20 heavy (non-hydrogen) atoms. The molecule has 1 amide bonds. The Morgan fingerprint density at radius 1 is 1.40 bits per heavy atom. The van der Waals surface area contributed by atoms with Crippen LogP contribution in [0, 0.1) is 0 Å². The van der Waals surface area contributed by atoms with Crippen LogP contribution >= 0.6 is 0 Å². The molecule has 0 aliphatic heterocycles. The number of nitrogens with one attached hydrogen (secondary N) is 2. The van der Waals surface area contributed by atoms with Gasteiger partial charge in [-0.1, -0.05) is 19.1 Å². The number of amides is 1. The molecule has 1 atom stereocenters. The second kappa shape index (κ2) is 8.47. The van der Waals surface area contributed by atoms with Gasteiger partial charge in [0.15, 0.2) is 0 Å². The van der Waals surface area contributed by atoms with Crippen LogP contribution in [0.25, 0.3) is 0 Å². The predicted molar refractivity (Wildman–Crippen MR) is 72.8 cm³/mol. The van der Waals surface area contributed by atoms with Crippen molar-refractivity contribution in [2.75, 3.05) is 13.1 Å². The molecular formula is C14H20F2N2O2. The lowest BCUT2D eigenvalue weighted by Gasteiger charge is -2.15. The molecule has 112 valence electrons. The molecule has 0 aliphatic rings. The number of rotatable bonds is 8. The molecule has 0 radical (unpaired) electrons. The number of alkyl halides is 2. The molecule has 1 aromatic carbocycles. The Labute approximate surface area is 117 Å². The standard InChI is InChI=1S/C14H20F2N2O2/c1-3-7-17-9-13(19)18-10(2)11-5-4-6-12(8-11)20-14(15)16/h4-6,8,10,14,17H,3,7,9H2,1-2H3,(H,18,19). The van der Waals surface area contributed by atoms with Crippen LogP contribution < -0.4 is 15.4 Å². The van der Waals surface area contributed by atoms with Crippen LogP contribution in [0.1, 0.15) is 31.9 Å². The fourth-order valence-electron chi connectivity index (χ4n) is 1.71. The van der Waals surface area contributed by atoms with E-state index in [0.717, 1.165) is 13.0 Å². The van der Waals surface area contributed by atoms with Gasteiger partial charge in [-0.05, 0) is 37.6 Å². The molecule has 1 unspecified atom stereocenters. The van der Waals surface area contributed by atoms with Crippen LogP contribution in [0.2, 0.25) is 0 Å². The number of benzene rings is 1. The molecule has 0 heterocycles. The van der Waals surface area contributed by atoms with E-state index in [2.05, 4.69) is 15.4 Å². The summed E-state index contributed by atoms with van der Waals surface area (Å²) < 4.78 is 28.6. The highest BCUT2D eigenvalue weighted by molar-refractivity contribution is 5.78. The highest BCUT2D eigenvalue weighted by Gasteiger charge is 2.11. The van der Waals surface area contributed by atoms with Gasteiger partial charge in [-0.2, -0.15) is 8.78 Å². The molecule has 0 aliphatic carbocycles. The summed E-state index contributed by atoms with van der Waals surface area (Å²) in [6, 6.07) is 6.05. The van der Waals surface area contributed by atoms with Crippen LogP contribution in [0.5, 0.6) is 5.75 Å². The maximum Gasteiger partial charge on any atom is 0.387 e. The van der Waals surface area contributed by atoms with E-state index in [0.29, 0.717) is 5.56 Å². The molecular weight excluding hydrogens is 266 g/mol. The Morgan fingerprint density at radius 3 is 2.80 bits per heavy atom. The summed E-state index contributed by atoms with van der Waals surface area (Å²) in [6.45, 7) is 1.97. The van der Waals surface area contributed by atoms with Crippen molar-refractivity contribution in [3.8, 4) is 5.75 Å². The van der Waals surface area contributed by atoms with Crippen LogP contribution in [-0.4, -0.2) is 25.6 Å². The van der Waals surface area contributed by atoms with E-state index in [4.69, 9.17) is 0 Å². The van der Waals surface area contributed by atoms with Crippen molar-refractivity contribution in [1.29, 1.82) is 0 Å². The molecule has 1 rings (SSSR count). The van der Waals surface area contributed by atoms with Gasteiger partial charge in [0.25, 0.3) is 0 Å². The van der Waals surface area contributed by atoms with Gasteiger partial charge in [-0.15, -0.1) is 0 Å². The van der Waals surface area contributed by atoms with Crippen molar-refractivity contribution < 1.29 is 18.3 Å². The topological polar surface area (TPSA) is 50.4 Å². The van der Waals surface area contributed by atoms with Crippen molar-refractivity contribution in [3.63, 3.8) is 0 Å². The smallest absolute Gasteiger partial charge is 0.387 e. The van der Waals surface area contributed by atoms with Gasteiger partial charge >= 0.3 is 6.61 Å². The second-order valence-electron chi connectivity index (χ2n) is 4.42. The molecule has 0 aromatic heterocycles. The van der Waals surface area contributed by atoms with Crippen molar-refractivity contribution >= 4 is 5.91 Å². The Balaban J connectivity index is 2.54. The van der Waals surface area contributed by atoms with Crippen LogP contribution in [-0.2, 0) is 4.79 Å². The van der Waals surface area contributed by atoms with Crippen molar-refractivity contribution in [2.24, 2.45) is 0 Å². The molecule has 4 nitrogen and oxygen atoms in total. The first-order valence-corrected chi connectivity index (χ1v) is 6.57. The minimum Gasteiger partial charge on any atom is -0.435 e. The Kier molecular flexibility index (Phi) is 6.93. The quantitative estimate of drug-likeness (QED) is 0.722. The summed E-state index contributed by atoms with van der Waals surface area (Å²) in [5.74, 6) is -0.0474. The van der Waals surface area contributed by atoms with Gasteiger partial charge in [0.05, 0.1) is 12.6 Å². The fraction of sp³-hybridized carbons (Fsp3) is 0.500. The molecule has 0 spiro atoms. The van der Waals surface area contributed by atoms with Crippen LogP contribution in [0.4, 0.5) is 8.78 Å². The summed E-state index contributed by atoms with van der Waals surface area (Å²) in [4.78, 5) is 11.6. The number of halogens is 2. The van der Waals surface area contributed by atoms with Gasteiger partial charge in [0, 0.05) is 0 Å². The van der Waals surface area contributed by atoms with Gasteiger partial charge < -0.3 is 15.4 Å². The molecule has 0 bridgehead atoms. The number of hydrogen-bond acceptors (Lipinski definition) is 3. The zero-order chi connectivity index (χ0) is 15.0. The zero-order valence-electron chi connectivity index (χ0n) is 11.7. The van der Waals surface area contributed by atoms with Gasteiger partial charge in [0.2, 0.25) is 5.91 Å². The molecule has 6 heteroatoms. The Bertz CT molecular complexity index is 427. The van der Waals surface area contributed by atoms with Crippen LogP contribution in [0.15, 0.2) is 24.3 Å². The molecule has 0 fully saturated rings. The largest absolute Gasteiger partial charge is 0.435 e. The zero-order valence-corrected chi connectivity index (χ0v) is 11.7. The summed E-state index contributed by atoms with van der Waals surface area (Å²) in [5.41, 5.74) is 0.715. The summed E-state index contributed by atoms with van der Waals surface area (Å²) in [6.07, 6.45) is 0.954. The summed E-state index contributed by atoms with van der Waals surface area (Å²) in [5, 5.41) is 5.78. The lowest BCUT2D eigenvalue weighted by Crippen LogP contribution is -2.35. The number of hydrogen-bond donors (Lipinski definition) is 2. The number of carbonyl (C=O) groups excluding carboxylic acids is 1. The van der Waals surface area contributed by atoms with E-state index in [1.165, 1.54) is 12.1 Å². The molecule has 0 saturated carbocycles. The average Bonchev–Trinajstić information content (AvgIpc) is 2.38. The SMILES string of the molecule is CCCNCC(=O)NC(C)c1cccc(OC(F)F)c1. The first-order chi connectivity index (χ1) is 9.52. The van der Waals surface area contributed by atoms with Gasteiger partial charge in [-0.3, -0.25) is 4.79 Å². The van der Waals surface area contributed by atoms with E-state index >= 15 is 0 Å². The third kappa shape index (κ3) is 5.97. The number of carbonyl (C=O) groups is 1. The molecule has 0 saturated heterocycles. The van der Waals surface area contributed by atoms with E-state index < -0.39 is 6.61 Å². The lowest BCUT2D eigenvalue weighted by molar-refractivity contribution is -0.120. The van der Waals surface area contributed by atoms with E-state index in [1.807, 2.05) is 6.92 Å². The fourth-order valence-corrected chi connectivity index (χ4v) is 1.71. The maximum absolute atomic E-state index is 12.1. The van der Waals surface area contributed by atoms with Gasteiger partial charge in [-0.25, -0.2) is 0 Å². The average molecular weight is 286 g/mol. The highest BCUT2D eigenvalue weighted by Crippen LogP contribution is 2.20. The highest BCUT2D eigenvalue weighted by atomic mass is 19.3. The Morgan fingerprint density at radius 2 is 2.15 bits per heavy atom. The first kappa shape index (κ1) is 16.4. The predicted octanol–water partition coefficient (Wildman–Crippen LogP) is 2.46. The minimum absolute atomic E-state index is 0.0858. The lowest BCUT2D eigenvalue weighted by atomic mass is 10.1. The van der Waals surface area contributed by atoms with Crippen molar-refractivity contribution in [3.05, 3.63) is 29.8 Å². The van der Waals surface area contributed by atoms with E-state index in [9.17, 15) is 13.6 Å². The molecule has 2 N–H and O–H groups in total. The normalized spacial score (nSPS) is 12.2. The monoisotopic (exact) mass is 286 g/mol. The third-order valence-corrected chi connectivity index (χ3v) is 2.67. The van der Waals surface area contributed by atoms with Crippen molar-refractivity contribution in [2.45, 2.75) is 32.9 Å². The summed E-state index contributed by atoms with van der Waals surface area (Å²) >= 11 is 0. The second-order valence-corrected chi connectivity index (χ2v) is 4.42. The number of ether oxygens (including phenoxy) is 1. The van der Waals surface area contributed by atoms with E-state index in [-0.39, 0.29) is 24.2 Å². The van der Waals surface area contributed by atoms with Crippen molar-refractivity contribution in [1.82, 2.24) is 10.6 Å². The van der Waals surface area contributed by atoms with E-state index in [1.54, 1.807) is 19.1 Å². The van der Waals surface area contributed by atoms with Crippen LogP contribution in [0.3, 0.4) is 0 Å². The Hall–Kier alpha value is -1.69. The van der Waals surface area contributed by atoms with Gasteiger partial charge in [0.1, 0.15) is 5.75 Å². The summed E-state index contributed by atoms with van der Waals surface area (Å²) in [7, 11) is 0.